The van der Waals surface area contributed by atoms with Crippen LogP contribution in [0.2, 0.25) is 0 Å². The Bertz CT molecular complexity index is 367. The minimum absolute atomic E-state index is 0.0465. The first-order valence-electron chi connectivity index (χ1n) is 4.45. The first kappa shape index (κ1) is 12.9. The van der Waals surface area contributed by atoms with Gasteiger partial charge < -0.3 is 4.74 Å². The maximum absolute atomic E-state index is 12.9. The van der Waals surface area contributed by atoms with E-state index in [4.69, 9.17) is 11.8 Å². The molecule has 0 unspecified atom stereocenters. The van der Waals surface area contributed by atoms with E-state index >= 15 is 0 Å². The van der Waals surface area contributed by atoms with E-state index in [2.05, 4.69) is 9.57 Å². The van der Waals surface area contributed by atoms with Crippen molar-refractivity contribution in [2.75, 3.05) is 7.11 Å². The van der Waals surface area contributed by atoms with Crippen molar-refractivity contribution in [3.63, 3.8) is 0 Å². The highest BCUT2D eigenvalue weighted by Crippen LogP contribution is 2.11. The van der Waals surface area contributed by atoms with Gasteiger partial charge in [0.15, 0.2) is 0 Å². The van der Waals surface area contributed by atoms with Crippen LogP contribution in [0.4, 0.5) is 8.78 Å². The number of rotatable bonds is 4. The molecule has 0 fully saturated rings. The zero-order valence-electron chi connectivity index (χ0n) is 8.47. The van der Waals surface area contributed by atoms with Crippen LogP contribution in [0.15, 0.2) is 18.2 Å². The predicted octanol–water partition coefficient (Wildman–Crippen LogP) is 1.79. The summed E-state index contributed by atoms with van der Waals surface area (Å²) in [5.74, 6) is -2.00. The van der Waals surface area contributed by atoms with Crippen molar-refractivity contribution in [3.05, 3.63) is 35.4 Å². The third-order valence-corrected chi connectivity index (χ3v) is 2.24. The van der Waals surface area contributed by atoms with Crippen molar-refractivity contribution < 1.29 is 18.3 Å². The van der Waals surface area contributed by atoms with E-state index in [-0.39, 0.29) is 6.42 Å². The highest BCUT2D eigenvalue weighted by Gasteiger charge is 2.18. The van der Waals surface area contributed by atoms with Gasteiger partial charge in [0.05, 0.1) is 7.11 Å². The molecule has 0 saturated heterocycles. The largest absolute Gasteiger partial charge is 0.468 e. The minimum Gasteiger partial charge on any atom is -0.468 e. The predicted molar refractivity (Wildman–Crippen MR) is 54.9 cm³/mol. The van der Waals surface area contributed by atoms with E-state index in [1.807, 2.05) is 0 Å². The third-order valence-electron chi connectivity index (χ3n) is 1.98. The molecule has 0 aromatic heterocycles. The lowest BCUT2D eigenvalue weighted by molar-refractivity contribution is -0.142. The number of hydrogen-bond acceptors (Lipinski definition) is 3. The number of carbonyl (C=O) groups excluding carboxylic acids is 1. The van der Waals surface area contributed by atoms with E-state index in [0.29, 0.717) is 5.56 Å². The summed E-state index contributed by atoms with van der Waals surface area (Å²) in [6.45, 7) is 0. The molecular weight excluding hydrogens is 240 g/mol. The molecule has 6 heteroatoms. The summed E-state index contributed by atoms with van der Waals surface area (Å²) in [6.07, 6.45) is 0.0465. The van der Waals surface area contributed by atoms with Crippen LogP contribution in [0, 0.1) is 11.6 Å². The van der Waals surface area contributed by atoms with E-state index in [1.54, 1.807) is 0 Å². The number of ether oxygens (including phenoxy) is 1. The lowest BCUT2D eigenvalue weighted by Crippen LogP contribution is -2.34. The molecule has 1 N–H and O–H groups in total. The number of hydrogen-bond donors (Lipinski definition) is 1. The fourth-order valence-electron chi connectivity index (χ4n) is 1.27. The van der Waals surface area contributed by atoms with Crippen LogP contribution in [0.5, 0.6) is 0 Å². The molecule has 0 saturated carbocycles. The summed E-state index contributed by atoms with van der Waals surface area (Å²) in [7, 11) is 1.20. The SMILES string of the molecule is COC(=O)[C@H](Cc1cc(F)cc(F)c1)NCl. The minimum atomic E-state index is -0.840. The third kappa shape index (κ3) is 3.43. The van der Waals surface area contributed by atoms with Gasteiger partial charge in [-0.2, -0.15) is 0 Å². The number of carbonyl (C=O) groups is 1. The van der Waals surface area contributed by atoms with Crippen molar-refractivity contribution in [3.8, 4) is 0 Å². The average molecular weight is 250 g/mol. The first-order valence-corrected chi connectivity index (χ1v) is 4.83. The van der Waals surface area contributed by atoms with Gasteiger partial charge in [-0.15, -0.1) is 0 Å². The van der Waals surface area contributed by atoms with Gasteiger partial charge in [-0.1, -0.05) is 0 Å². The maximum atomic E-state index is 12.9. The Kier molecular flexibility index (Phi) is 4.64. The Balaban J connectivity index is 2.81. The molecule has 1 aromatic carbocycles. The van der Waals surface area contributed by atoms with Crippen LogP contribution in [0.3, 0.4) is 0 Å². The molecule has 0 radical (unpaired) electrons. The molecule has 0 heterocycles. The van der Waals surface area contributed by atoms with Crippen molar-refractivity contribution in [2.24, 2.45) is 0 Å². The Morgan fingerprint density at radius 3 is 2.44 bits per heavy atom. The number of esters is 1. The van der Waals surface area contributed by atoms with Crippen molar-refractivity contribution >= 4 is 17.7 Å². The lowest BCUT2D eigenvalue weighted by Gasteiger charge is -2.12. The zero-order chi connectivity index (χ0) is 12.1. The fraction of sp³-hybridized carbons (Fsp3) is 0.300. The molecule has 0 bridgehead atoms. The number of benzene rings is 1. The Morgan fingerprint density at radius 1 is 1.44 bits per heavy atom. The van der Waals surface area contributed by atoms with Crippen molar-refractivity contribution in [2.45, 2.75) is 12.5 Å². The fourth-order valence-corrected chi connectivity index (χ4v) is 1.44. The average Bonchev–Trinajstić information content (AvgIpc) is 2.23. The molecule has 0 aliphatic heterocycles. The second kappa shape index (κ2) is 5.77. The molecule has 0 amide bonds. The maximum Gasteiger partial charge on any atom is 0.324 e. The molecular formula is C10H10ClF2NO2. The van der Waals surface area contributed by atoms with Gasteiger partial charge in [0.2, 0.25) is 0 Å². The van der Waals surface area contributed by atoms with Crippen molar-refractivity contribution in [1.82, 2.24) is 4.84 Å². The summed E-state index contributed by atoms with van der Waals surface area (Å²) < 4.78 is 30.2. The molecule has 1 atom stereocenters. The summed E-state index contributed by atoms with van der Waals surface area (Å²) in [5.41, 5.74) is 0.320. The Morgan fingerprint density at radius 2 is 2.00 bits per heavy atom. The van der Waals surface area contributed by atoms with E-state index < -0.39 is 23.6 Å². The van der Waals surface area contributed by atoms with E-state index in [9.17, 15) is 13.6 Å². The molecule has 1 rings (SSSR count). The van der Waals surface area contributed by atoms with Crippen LogP contribution in [-0.4, -0.2) is 19.1 Å². The second-order valence-corrected chi connectivity index (χ2v) is 3.38. The molecule has 0 spiro atoms. The van der Waals surface area contributed by atoms with Crippen molar-refractivity contribution in [1.29, 1.82) is 0 Å². The topological polar surface area (TPSA) is 38.3 Å². The molecule has 3 nitrogen and oxygen atoms in total. The smallest absolute Gasteiger partial charge is 0.324 e. The highest BCUT2D eigenvalue weighted by molar-refractivity contribution is 6.14. The van der Waals surface area contributed by atoms with Gasteiger partial charge in [0.25, 0.3) is 0 Å². The molecule has 16 heavy (non-hydrogen) atoms. The first-order chi connectivity index (χ1) is 7.56. The second-order valence-electron chi connectivity index (χ2n) is 3.17. The molecule has 0 aliphatic carbocycles. The van der Waals surface area contributed by atoms with Crippen LogP contribution >= 0.6 is 11.8 Å². The summed E-state index contributed by atoms with van der Waals surface area (Å²) in [6, 6.07) is 2.18. The van der Waals surface area contributed by atoms with E-state index in [0.717, 1.165) is 18.2 Å². The van der Waals surface area contributed by atoms with Gasteiger partial charge in [0.1, 0.15) is 17.7 Å². The zero-order valence-corrected chi connectivity index (χ0v) is 9.22. The highest BCUT2D eigenvalue weighted by atomic mass is 35.5. The quantitative estimate of drug-likeness (QED) is 0.653. The van der Waals surface area contributed by atoms with Crippen LogP contribution in [-0.2, 0) is 16.0 Å². The number of halogens is 3. The van der Waals surface area contributed by atoms with Crippen LogP contribution in [0.25, 0.3) is 0 Å². The van der Waals surface area contributed by atoms with Gasteiger partial charge in [-0.25, -0.2) is 13.6 Å². The molecule has 0 aliphatic rings. The molecule has 88 valence electrons. The lowest BCUT2D eigenvalue weighted by atomic mass is 10.1. The Hall–Kier alpha value is -1.20. The summed E-state index contributed by atoms with van der Waals surface area (Å²) in [5, 5.41) is 0. The normalized spacial score (nSPS) is 12.2. The Labute approximate surface area is 96.5 Å². The van der Waals surface area contributed by atoms with Gasteiger partial charge in [0, 0.05) is 6.07 Å². The van der Waals surface area contributed by atoms with E-state index in [1.165, 1.54) is 7.11 Å². The van der Waals surface area contributed by atoms with Gasteiger partial charge in [-0.3, -0.25) is 4.79 Å². The standard InChI is InChI=1S/C10H10ClF2NO2/c1-16-10(15)9(14-11)4-6-2-7(12)5-8(13)3-6/h2-3,5,9,14H,4H2,1H3/t9-/m0/s1. The van der Waals surface area contributed by atoms with Crippen LogP contribution in [0.1, 0.15) is 5.56 Å². The summed E-state index contributed by atoms with van der Waals surface area (Å²) in [4.78, 5) is 13.4. The van der Waals surface area contributed by atoms with Gasteiger partial charge >= 0.3 is 5.97 Å². The number of nitrogens with one attached hydrogen (secondary N) is 1. The summed E-state index contributed by atoms with van der Waals surface area (Å²) >= 11 is 5.33. The number of methoxy groups -OCH3 is 1. The van der Waals surface area contributed by atoms with Gasteiger partial charge in [-0.05, 0) is 35.9 Å². The monoisotopic (exact) mass is 249 g/mol. The molecule has 1 aromatic rings. The van der Waals surface area contributed by atoms with Crippen LogP contribution < -0.4 is 4.84 Å².